The summed E-state index contributed by atoms with van der Waals surface area (Å²) in [6.45, 7) is 5.72. The van der Waals surface area contributed by atoms with Crippen molar-refractivity contribution in [3.8, 4) is 0 Å². The maximum Gasteiger partial charge on any atom is 0.0632 e. The molecule has 0 spiro atoms. The van der Waals surface area contributed by atoms with Crippen molar-refractivity contribution in [2.24, 2.45) is 0 Å². The van der Waals surface area contributed by atoms with Crippen molar-refractivity contribution in [2.45, 2.75) is 32.8 Å². The number of benzene rings is 1. The number of H-pyrrole nitrogens is 1. The number of aromatic amines is 1. The van der Waals surface area contributed by atoms with Gasteiger partial charge in [0, 0.05) is 17.6 Å². The number of hydrogen-bond donors (Lipinski definition) is 2. The van der Waals surface area contributed by atoms with E-state index in [1.807, 2.05) is 26.8 Å². The zero-order valence-electron chi connectivity index (χ0n) is 9.46. The van der Waals surface area contributed by atoms with Gasteiger partial charge in [-0.2, -0.15) is 0 Å². The van der Waals surface area contributed by atoms with Gasteiger partial charge in [0.2, 0.25) is 0 Å². The molecule has 1 heterocycles. The maximum absolute atomic E-state index is 9.82. The molecule has 15 heavy (non-hydrogen) atoms. The van der Waals surface area contributed by atoms with E-state index in [9.17, 15) is 5.11 Å². The summed E-state index contributed by atoms with van der Waals surface area (Å²) in [7, 11) is 0. The van der Waals surface area contributed by atoms with Crippen LogP contribution in [0.3, 0.4) is 0 Å². The number of fused-ring (bicyclic) bond motifs is 1. The van der Waals surface area contributed by atoms with Gasteiger partial charge < -0.3 is 10.1 Å². The number of nitrogens with one attached hydrogen (secondary N) is 1. The lowest BCUT2D eigenvalue weighted by atomic mass is 9.97. The summed E-state index contributed by atoms with van der Waals surface area (Å²) in [5, 5.41) is 11.0. The van der Waals surface area contributed by atoms with Crippen molar-refractivity contribution in [1.29, 1.82) is 0 Å². The van der Waals surface area contributed by atoms with Gasteiger partial charge in [-0.1, -0.05) is 18.2 Å². The fourth-order valence-electron chi connectivity index (χ4n) is 1.97. The molecule has 0 atom stereocenters. The van der Waals surface area contributed by atoms with Crippen molar-refractivity contribution < 1.29 is 5.11 Å². The van der Waals surface area contributed by atoms with Gasteiger partial charge in [0.15, 0.2) is 0 Å². The van der Waals surface area contributed by atoms with E-state index >= 15 is 0 Å². The van der Waals surface area contributed by atoms with Crippen LogP contribution in [0, 0.1) is 6.92 Å². The van der Waals surface area contributed by atoms with Crippen LogP contribution < -0.4 is 0 Å². The molecule has 0 bridgehead atoms. The molecule has 0 aliphatic heterocycles. The first-order valence-corrected chi connectivity index (χ1v) is 5.25. The van der Waals surface area contributed by atoms with Crippen molar-refractivity contribution in [1.82, 2.24) is 4.98 Å². The molecule has 0 unspecified atom stereocenters. The average molecular weight is 203 g/mol. The molecule has 2 nitrogen and oxygen atoms in total. The molecule has 80 valence electrons. The van der Waals surface area contributed by atoms with Gasteiger partial charge in [-0.15, -0.1) is 0 Å². The second-order valence-electron chi connectivity index (χ2n) is 4.82. The molecule has 0 radical (unpaired) electrons. The van der Waals surface area contributed by atoms with Crippen molar-refractivity contribution >= 4 is 10.9 Å². The number of para-hydroxylation sites is 1. The first-order chi connectivity index (χ1) is 6.96. The highest BCUT2D eigenvalue weighted by Crippen LogP contribution is 2.22. The van der Waals surface area contributed by atoms with Gasteiger partial charge in [0.25, 0.3) is 0 Å². The van der Waals surface area contributed by atoms with E-state index in [0.717, 1.165) is 11.2 Å². The standard InChI is InChI=1S/C13H17NO/c1-9-7-10-5-4-6-11(12(10)14-9)8-13(2,3)15/h4-7,14-15H,8H2,1-3H3. The van der Waals surface area contributed by atoms with E-state index in [0.29, 0.717) is 6.42 Å². The maximum atomic E-state index is 9.82. The minimum atomic E-state index is -0.659. The highest BCUT2D eigenvalue weighted by Gasteiger charge is 2.15. The van der Waals surface area contributed by atoms with Crippen LogP contribution in [-0.2, 0) is 6.42 Å². The summed E-state index contributed by atoms with van der Waals surface area (Å²) in [6, 6.07) is 8.32. The van der Waals surface area contributed by atoms with Gasteiger partial charge in [-0.3, -0.25) is 0 Å². The summed E-state index contributed by atoms with van der Waals surface area (Å²) in [5.74, 6) is 0. The quantitative estimate of drug-likeness (QED) is 0.773. The summed E-state index contributed by atoms with van der Waals surface area (Å²) in [5.41, 5.74) is 2.83. The fourth-order valence-corrected chi connectivity index (χ4v) is 1.97. The van der Waals surface area contributed by atoms with Crippen LogP contribution in [-0.4, -0.2) is 15.7 Å². The minimum absolute atomic E-state index is 0.659. The molecule has 1 aromatic carbocycles. The lowest BCUT2D eigenvalue weighted by Crippen LogP contribution is -2.21. The van der Waals surface area contributed by atoms with E-state index in [4.69, 9.17) is 0 Å². The van der Waals surface area contributed by atoms with Crippen LogP contribution >= 0.6 is 0 Å². The monoisotopic (exact) mass is 203 g/mol. The Balaban J connectivity index is 2.51. The molecule has 1 aromatic heterocycles. The largest absolute Gasteiger partial charge is 0.390 e. The van der Waals surface area contributed by atoms with E-state index in [1.165, 1.54) is 10.9 Å². The number of aliphatic hydroxyl groups is 1. The number of rotatable bonds is 2. The molecule has 0 aliphatic carbocycles. The molecule has 0 aliphatic rings. The molecule has 0 amide bonds. The van der Waals surface area contributed by atoms with Crippen LogP contribution in [0.25, 0.3) is 10.9 Å². The third-order valence-electron chi connectivity index (χ3n) is 2.50. The van der Waals surface area contributed by atoms with Crippen LogP contribution in [0.15, 0.2) is 24.3 Å². The zero-order chi connectivity index (χ0) is 11.1. The van der Waals surface area contributed by atoms with Crippen molar-refractivity contribution in [2.75, 3.05) is 0 Å². The van der Waals surface area contributed by atoms with Gasteiger partial charge in [0.1, 0.15) is 0 Å². The predicted molar refractivity (Wildman–Crippen MR) is 63.0 cm³/mol. The molecular formula is C13H17NO. The lowest BCUT2D eigenvalue weighted by Gasteiger charge is -2.17. The molecule has 0 saturated carbocycles. The van der Waals surface area contributed by atoms with Crippen LogP contribution in [0.5, 0.6) is 0 Å². The van der Waals surface area contributed by atoms with Crippen LogP contribution in [0.1, 0.15) is 25.1 Å². The fraction of sp³-hybridized carbons (Fsp3) is 0.385. The van der Waals surface area contributed by atoms with E-state index in [2.05, 4.69) is 23.2 Å². The molecular weight excluding hydrogens is 186 g/mol. The average Bonchev–Trinajstić information content (AvgIpc) is 2.43. The number of aromatic nitrogens is 1. The Bertz CT molecular complexity index is 477. The highest BCUT2D eigenvalue weighted by molar-refractivity contribution is 5.83. The van der Waals surface area contributed by atoms with Crippen LogP contribution in [0.2, 0.25) is 0 Å². The molecule has 2 rings (SSSR count). The summed E-state index contributed by atoms with van der Waals surface area (Å²) in [6.07, 6.45) is 0.671. The van der Waals surface area contributed by atoms with Crippen molar-refractivity contribution in [3.63, 3.8) is 0 Å². The smallest absolute Gasteiger partial charge is 0.0632 e. The molecule has 2 N–H and O–H groups in total. The van der Waals surface area contributed by atoms with Gasteiger partial charge in [-0.05, 0) is 37.8 Å². The normalized spacial score (nSPS) is 12.3. The molecule has 2 heteroatoms. The predicted octanol–water partition coefficient (Wildman–Crippen LogP) is 2.79. The topological polar surface area (TPSA) is 36.0 Å². The Hall–Kier alpha value is -1.28. The van der Waals surface area contributed by atoms with Gasteiger partial charge in [-0.25, -0.2) is 0 Å². The van der Waals surface area contributed by atoms with E-state index in [1.54, 1.807) is 0 Å². The lowest BCUT2D eigenvalue weighted by molar-refractivity contribution is 0.0813. The first kappa shape index (κ1) is 10.2. The molecule has 0 saturated heterocycles. The van der Waals surface area contributed by atoms with Crippen LogP contribution in [0.4, 0.5) is 0 Å². The number of hydrogen-bond acceptors (Lipinski definition) is 1. The summed E-state index contributed by atoms with van der Waals surface area (Å²) < 4.78 is 0. The van der Waals surface area contributed by atoms with Gasteiger partial charge in [0.05, 0.1) is 5.60 Å². The second-order valence-corrected chi connectivity index (χ2v) is 4.82. The third kappa shape index (κ3) is 2.21. The first-order valence-electron chi connectivity index (χ1n) is 5.25. The Morgan fingerprint density at radius 1 is 1.33 bits per heavy atom. The Morgan fingerprint density at radius 2 is 2.07 bits per heavy atom. The minimum Gasteiger partial charge on any atom is -0.390 e. The summed E-state index contributed by atoms with van der Waals surface area (Å²) in [4.78, 5) is 3.34. The Labute approximate surface area is 89.9 Å². The van der Waals surface area contributed by atoms with Crippen molar-refractivity contribution in [3.05, 3.63) is 35.5 Å². The van der Waals surface area contributed by atoms with E-state index in [-0.39, 0.29) is 0 Å². The number of aryl methyl sites for hydroxylation is 1. The molecule has 2 aromatic rings. The highest BCUT2D eigenvalue weighted by atomic mass is 16.3. The second kappa shape index (κ2) is 3.38. The molecule has 0 fully saturated rings. The Kier molecular flexibility index (Phi) is 2.31. The Morgan fingerprint density at radius 3 is 2.73 bits per heavy atom. The van der Waals surface area contributed by atoms with Gasteiger partial charge >= 0.3 is 0 Å². The van der Waals surface area contributed by atoms with E-state index < -0.39 is 5.60 Å². The zero-order valence-corrected chi connectivity index (χ0v) is 9.46. The third-order valence-corrected chi connectivity index (χ3v) is 2.50. The summed E-state index contributed by atoms with van der Waals surface area (Å²) >= 11 is 0. The SMILES string of the molecule is Cc1cc2cccc(CC(C)(C)O)c2[nH]1.